The first-order valence-corrected chi connectivity index (χ1v) is 6.29. The molecule has 0 radical (unpaired) electrons. The van der Waals surface area contributed by atoms with E-state index in [1.54, 1.807) is 6.07 Å². The first-order chi connectivity index (χ1) is 8.96. The Labute approximate surface area is 111 Å². The van der Waals surface area contributed by atoms with Gasteiger partial charge in [-0.05, 0) is 32.2 Å². The van der Waals surface area contributed by atoms with Crippen LogP contribution in [0, 0.1) is 0 Å². The minimum Gasteiger partial charge on any atom is -0.456 e. The maximum absolute atomic E-state index is 12.2. The van der Waals surface area contributed by atoms with E-state index in [0.29, 0.717) is 5.56 Å². The van der Waals surface area contributed by atoms with Crippen molar-refractivity contribution in [3.63, 3.8) is 0 Å². The van der Waals surface area contributed by atoms with Gasteiger partial charge in [0, 0.05) is 17.2 Å². The van der Waals surface area contributed by atoms with Gasteiger partial charge in [0.05, 0.1) is 11.3 Å². The molecule has 0 fully saturated rings. The molecular weight excluding hydrogens is 238 g/mol. The number of nitrogens with zero attached hydrogens (tertiary/aromatic N) is 1. The van der Waals surface area contributed by atoms with Crippen LogP contribution in [-0.4, -0.2) is 17.8 Å². The molecule has 96 valence electrons. The molecule has 1 aliphatic heterocycles. The van der Waals surface area contributed by atoms with Crippen molar-refractivity contribution in [2.24, 2.45) is 4.99 Å². The highest BCUT2D eigenvalue weighted by atomic mass is 16.6. The van der Waals surface area contributed by atoms with Crippen molar-refractivity contribution in [1.82, 2.24) is 0 Å². The third-order valence-electron chi connectivity index (χ3n) is 3.02. The summed E-state index contributed by atoms with van der Waals surface area (Å²) in [7, 11) is 0. The number of benzene rings is 2. The van der Waals surface area contributed by atoms with Gasteiger partial charge in [-0.2, -0.15) is 0 Å². The Hall–Kier alpha value is -2.16. The molecule has 1 heterocycles. The van der Waals surface area contributed by atoms with Crippen LogP contribution in [0.3, 0.4) is 0 Å². The fourth-order valence-electron chi connectivity index (χ4n) is 2.19. The molecule has 0 saturated carbocycles. The highest BCUT2D eigenvalue weighted by Gasteiger charge is 2.21. The molecule has 0 spiro atoms. The zero-order valence-corrected chi connectivity index (χ0v) is 11.2. The second-order valence-electron chi connectivity index (χ2n) is 5.66. The zero-order chi connectivity index (χ0) is 13.6. The fraction of sp³-hybridized carbons (Fsp3) is 0.250. The van der Waals surface area contributed by atoms with Gasteiger partial charge in [0.2, 0.25) is 0 Å². The predicted molar refractivity (Wildman–Crippen MR) is 76.4 cm³/mol. The number of fused-ring (bicyclic) bond motifs is 3. The number of carbonyl (C=O) groups excluding carboxylic acids is 1. The molecule has 3 nitrogen and oxygen atoms in total. The average Bonchev–Trinajstić information content (AvgIpc) is 2.26. The number of aliphatic imine (C=N–C) groups is 1. The molecule has 3 rings (SSSR count). The van der Waals surface area contributed by atoms with Gasteiger partial charge < -0.3 is 4.74 Å². The summed E-state index contributed by atoms with van der Waals surface area (Å²) in [5.74, 6) is -0.290. The summed E-state index contributed by atoms with van der Waals surface area (Å²) in [6.45, 7) is 5.60. The van der Waals surface area contributed by atoms with Gasteiger partial charge in [-0.15, -0.1) is 0 Å². The summed E-state index contributed by atoms with van der Waals surface area (Å²) >= 11 is 0. The maximum atomic E-state index is 12.2. The first kappa shape index (κ1) is 11.9. The largest absolute Gasteiger partial charge is 0.456 e. The van der Waals surface area contributed by atoms with E-state index in [1.807, 2.05) is 51.3 Å². The van der Waals surface area contributed by atoms with Crippen LogP contribution in [-0.2, 0) is 4.74 Å². The van der Waals surface area contributed by atoms with E-state index >= 15 is 0 Å². The van der Waals surface area contributed by atoms with E-state index in [2.05, 4.69) is 4.99 Å². The number of esters is 1. The lowest BCUT2D eigenvalue weighted by Crippen LogP contribution is -2.24. The summed E-state index contributed by atoms with van der Waals surface area (Å²) in [5.41, 5.74) is 2.19. The van der Waals surface area contributed by atoms with Crippen molar-refractivity contribution >= 4 is 28.6 Å². The smallest absolute Gasteiger partial charge is 0.339 e. The van der Waals surface area contributed by atoms with Crippen LogP contribution in [0.1, 0.15) is 36.7 Å². The molecule has 19 heavy (non-hydrogen) atoms. The summed E-state index contributed by atoms with van der Waals surface area (Å²) in [5, 5.41) is 1.90. The lowest BCUT2D eigenvalue weighted by atomic mass is 9.98. The van der Waals surface area contributed by atoms with Gasteiger partial charge >= 0.3 is 5.97 Å². The van der Waals surface area contributed by atoms with E-state index in [9.17, 15) is 4.79 Å². The molecule has 0 N–H and O–H groups in total. The molecule has 2 aromatic carbocycles. The Morgan fingerprint density at radius 1 is 1.11 bits per heavy atom. The number of ether oxygens (including phenoxy) is 1. The zero-order valence-electron chi connectivity index (χ0n) is 11.2. The quantitative estimate of drug-likeness (QED) is 0.618. The number of hydrogen-bond donors (Lipinski definition) is 0. The Morgan fingerprint density at radius 2 is 1.89 bits per heavy atom. The van der Waals surface area contributed by atoms with Gasteiger partial charge in [-0.1, -0.05) is 24.3 Å². The van der Waals surface area contributed by atoms with Crippen molar-refractivity contribution in [2.75, 3.05) is 0 Å². The van der Waals surface area contributed by atoms with Crippen LogP contribution in [0.25, 0.3) is 10.8 Å². The highest BCUT2D eigenvalue weighted by molar-refractivity contribution is 6.14. The Bertz CT molecular complexity index is 708. The molecule has 3 heteroatoms. The normalized spacial score (nSPS) is 13.0. The monoisotopic (exact) mass is 253 g/mol. The number of rotatable bonds is 1. The van der Waals surface area contributed by atoms with Crippen LogP contribution < -0.4 is 0 Å². The molecule has 0 saturated heterocycles. The summed E-state index contributed by atoms with van der Waals surface area (Å²) < 4.78 is 5.44. The van der Waals surface area contributed by atoms with Gasteiger partial charge in [-0.3, -0.25) is 4.99 Å². The lowest BCUT2D eigenvalue weighted by Gasteiger charge is -2.20. The minimum atomic E-state index is -0.489. The Balaban J connectivity index is 2.11. The third-order valence-corrected chi connectivity index (χ3v) is 3.02. The van der Waals surface area contributed by atoms with Gasteiger partial charge in [0.25, 0.3) is 0 Å². The van der Waals surface area contributed by atoms with Crippen LogP contribution in [0.15, 0.2) is 35.3 Å². The van der Waals surface area contributed by atoms with Gasteiger partial charge in [-0.25, -0.2) is 4.79 Å². The van der Waals surface area contributed by atoms with Crippen LogP contribution in [0.4, 0.5) is 5.69 Å². The predicted octanol–water partition coefficient (Wildman–Crippen LogP) is 3.86. The summed E-state index contributed by atoms with van der Waals surface area (Å²) in [4.78, 5) is 16.5. The van der Waals surface area contributed by atoms with Crippen molar-refractivity contribution in [2.45, 2.75) is 26.4 Å². The molecule has 0 bridgehead atoms. The SMILES string of the molecule is CC(C)(C)OC(=O)c1cccc2c3c(ccc12)C=N3. The van der Waals surface area contributed by atoms with E-state index in [1.165, 1.54) is 0 Å². The second kappa shape index (κ2) is 3.92. The summed E-state index contributed by atoms with van der Waals surface area (Å²) in [6.07, 6.45) is 1.83. The average molecular weight is 253 g/mol. The number of hydrogen-bond acceptors (Lipinski definition) is 3. The van der Waals surface area contributed by atoms with E-state index in [0.717, 1.165) is 22.0 Å². The third kappa shape index (κ3) is 2.01. The van der Waals surface area contributed by atoms with Gasteiger partial charge in [0.1, 0.15) is 5.60 Å². The Morgan fingerprint density at radius 3 is 2.53 bits per heavy atom. The van der Waals surface area contributed by atoms with Crippen molar-refractivity contribution < 1.29 is 9.53 Å². The van der Waals surface area contributed by atoms with Crippen LogP contribution in [0.5, 0.6) is 0 Å². The molecule has 0 amide bonds. The number of carbonyl (C=O) groups is 1. The molecule has 0 aliphatic carbocycles. The maximum Gasteiger partial charge on any atom is 0.339 e. The second-order valence-corrected chi connectivity index (χ2v) is 5.66. The molecule has 1 aliphatic rings. The van der Waals surface area contributed by atoms with E-state index in [-0.39, 0.29) is 5.97 Å². The Kier molecular flexibility index (Phi) is 2.45. The van der Waals surface area contributed by atoms with Crippen molar-refractivity contribution in [3.05, 3.63) is 41.5 Å². The first-order valence-electron chi connectivity index (χ1n) is 6.29. The molecule has 0 aromatic heterocycles. The topological polar surface area (TPSA) is 38.7 Å². The van der Waals surface area contributed by atoms with E-state index < -0.39 is 5.60 Å². The van der Waals surface area contributed by atoms with Crippen molar-refractivity contribution in [1.29, 1.82) is 0 Å². The van der Waals surface area contributed by atoms with Crippen LogP contribution >= 0.6 is 0 Å². The molecule has 2 aromatic rings. The standard InChI is InChI=1S/C16H15NO2/c1-16(2,3)19-15(18)13-6-4-5-12-11(13)8-7-10-9-17-14(10)12/h4-9H,1-3H3. The van der Waals surface area contributed by atoms with Gasteiger partial charge in [0.15, 0.2) is 0 Å². The molecule has 0 unspecified atom stereocenters. The van der Waals surface area contributed by atoms with E-state index in [4.69, 9.17) is 4.74 Å². The minimum absolute atomic E-state index is 0.290. The molecule has 0 atom stereocenters. The van der Waals surface area contributed by atoms with Crippen molar-refractivity contribution in [3.8, 4) is 0 Å². The highest BCUT2D eigenvalue weighted by Crippen LogP contribution is 2.35. The lowest BCUT2D eigenvalue weighted by molar-refractivity contribution is 0.00719. The van der Waals surface area contributed by atoms with Crippen LogP contribution in [0.2, 0.25) is 0 Å². The molecular formula is C16H15NO2. The summed E-state index contributed by atoms with van der Waals surface area (Å²) in [6, 6.07) is 9.59. The fourth-order valence-corrected chi connectivity index (χ4v) is 2.19.